The monoisotopic (exact) mass is 945 g/mol. The van der Waals surface area contributed by atoms with E-state index in [1.807, 2.05) is 0 Å². The average Bonchev–Trinajstić information content (AvgIpc) is 3.47. The summed E-state index contributed by atoms with van der Waals surface area (Å²) in [6.45, 7) is 8.31. The van der Waals surface area contributed by atoms with E-state index in [1.54, 1.807) is 6.92 Å². The molecular weight excluding hydrogens is 890 g/mol. The first-order chi connectivity index (χ1) is 31.3. The minimum atomic E-state index is -2.98. The molecule has 1 aromatic rings. The van der Waals surface area contributed by atoms with E-state index in [0.717, 1.165) is 41.7 Å². The smallest absolute Gasteiger partial charge is 0.340 e. The Labute approximate surface area is 384 Å². The number of aliphatic hydroxyl groups is 1. The van der Waals surface area contributed by atoms with Crippen molar-refractivity contribution in [2.24, 2.45) is 29.1 Å². The number of esters is 9. The zero-order valence-corrected chi connectivity index (χ0v) is 38.7. The fourth-order valence-electron chi connectivity index (χ4n) is 10.6. The van der Waals surface area contributed by atoms with Crippen LogP contribution in [0.15, 0.2) is 18.3 Å². The van der Waals surface area contributed by atoms with Crippen molar-refractivity contribution in [2.75, 3.05) is 20.3 Å². The predicted molar refractivity (Wildman–Crippen MR) is 217 cm³/mol. The summed E-state index contributed by atoms with van der Waals surface area (Å²) >= 11 is 0. The van der Waals surface area contributed by atoms with Gasteiger partial charge < -0.3 is 52.5 Å². The summed E-state index contributed by atoms with van der Waals surface area (Å²) in [5.41, 5.74) is -11.0. The van der Waals surface area contributed by atoms with Gasteiger partial charge in [0.15, 0.2) is 30.0 Å². The summed E-state index contributed by atoms with van der Waals surface area (Å²) in [7, 11) is 1.01. The topological polar surface area (TPSA) is 296 Å². The lowest BCUT2D eigenvalue weighted by atomic mass is 9.45. The predicted octanol–water partition coefficient (Wildman–Crippen LogP) is 1.17. The number of Topliss-reactive ketones (excluding diaryl/α,β-unsaturated/α-hetero) is 1. The zero-order chi connectivity index (χ0) is 49.7. The molecule has 15 atom stereocenters. The quantitative estimate of drug-likeness (QED) is 0.238. The first-order valence-corrected chi connectivity index (χ1v) is 21.7. The van der Waals surface area contributed by atoms with Gasteiger partial charge in [-0.15, -0.1) is 0 Å². The van der Waals surface area contributed by atoms with E-state index in [4.69, 9.17) is 47.4 Å². The van der Waals surface area contributed by atoms with Crippen molar-refractivity contribution in [3.8, 4) is 0 Å². The van der Waals surface area contributed by atoms with Crippen LogP contribution in [0.5, 0.6) is 0 Å². The third-order valence-corrected chi connectivity index (χ3v) is 13.8. The maximum atomic E-state index is 14.6. The number of hydrogen-bond acceptors (Lipinski definition) is 22. The average molecular weight is 946 g/mol. The van der Waals surface area contributed by atoms with Crippen molar-refractivity contribution in [3.63, 3.8) is 0 Å². The molecule has 4 heterocycles. The van der Waals surface area contributed by atoms with E-state index in [0.29, 0.717) is 0 Å². The van der Waals surface area contributed by atoms with Crippen LogP contribution >= 0.6 is 0 Å². The van der Waals surface area contributed by atoms with E-state index < -0.39 is 174 Å². The van der Waals surface area contributed by atoms with Crippen LogP contribution in [0.4, 0.5) is 0 Å². The van der Waals surface area contributed by atoms with Gasteiger partial charge >= 0.3 is 53.7 Å². The van der Waals surface area contributed by atoms with Gasteiger partial charge in [0.1, 0.15) is 53.7 Å². The van der Waals surface area contributed by atoms with Crippen LogP contribution in [0.25, 0.3) is 0 Å². The van der Waals surface area contributed by atoms with Crippen molar-refractivity contribution >= 4 is 59.5 Å². The number of cyclic esters (lactones) is 2. The molecule has 2 spiro atoms. The van der Waals surface area contributed by atoms with Crippen molar-refractivity contribution in [2.45, 2.75) is 141 Å². The van der Waals surface area contributed by atoms with E-state index in [9.17, 15) is 53.1 Å². The fraction of sp³-hybridized carbons (Fsp3) is 0.667. The van der Waals surface area contributed by atoms with Gasteiger partial charge in [-0.05, 0) is 32.4 Å². The molecule has 2 saturated heterocycles. The van der Waals surface area contributed by atoms with Crippen molar-refractivity contribution in [1.29, 1.82) is 0 Å². The molecular formula is C45H55NO21. The Morgan fingerprint density at radius 2 is 1.39 bits per heavy atom. The summed E-state index contributed by atoms with van der Waals surface area (Å²) in [6, 6.07) is 2.84. The third kappa shape index (κ3) is 8.50. The number of rotatable bonds is 6. The molecule has 6 bridgehead atoms. The van der Waals surface area contributed by atoms with E-state index in [1.165, 1.54) is 39.1 Å². The first kappa shape index (κ1) is 50.4. The summed E-state index contributed by atoms with van der Waals surface area (Å²) in [5, 5.41) is 13.7. The van der Waals surface area contributed by atoms with Crippen LogP contribution in [0, 0.1) is 29.1 Å². The Bertz CT molecular complexity index is 2240. The molecule has 4 fully saturated rings. The van der Waals surface area contributed by atoms with Crippen LogP contribution in [0.2, 0.25) is 0 Å². The normalized spacial score (nSPS) is 38.6. The Balaban J connectivity index is 1.81. The van der Waals surface area contributed by atoms with Gasteiger partial charge in [0.2, 0.25) is 0 Å². The van der Waals surface area contributed by atoms with Crippen LogP contribution in [0.3, 0.4) is 0 Å². The molecule has 2 saturated carbocycles. The largest absolute Gasteiger partial charge is 0.469 e. The molecule has 1 aromatic heterocycles. The third-order valence-electron chi connectivity index (χ3n) is 13.8. The number of carbonyl (C=O) groups is 10. The van der Waals surface area contributed by atoms with Gasteiger partial charge in [0, 0.05) is 46.2 Å². The second-order valence-electron chi connectivity index (χ2n) is 18.2. The maximum Gasteiger partial charge on any atom is 0.340 e. The molecule has 22 nitrogen and oxygen atoms in total. The number of hydrogen-bond donors (Lipinski definition) is 1. The number of methoxy groups -OCH3 is 1. The molecule has 2 aliphatic carbocycles. The van der Waals surface area contributed by atoms with E-state index in [2.05, 4.69) is 4.98 Å². The highest BCUT2D eigenvalue weighted by Gasteiger charge is 2.92. The summed E-state index contributed by atoms with van der Waals surface area (Å²) in [4.78, 5) is 143. The number of ketones is 1. The molecule has 366 valence electrons. The molecule has 0 aromatic carbocycles. The number of ether oxygens (including phenoxy) is 10. The minimum Gasteiger partial charge on any atom is -0.469 e. The summed E-state index contributed by atoms with van der Waals surface area (Å²) in [5.74, 6) is -17.9. The van der Waals surface area contributed by atoms with Crippen molar-refractivity contribution < 1.29 is 100 Å². The SMILES string of the molecule is COC(=O)C[C@@H]1C(=O)CC[C@H](C)C(=O)O[C@@H]2[C@@H]3[C@@H](OC(C)=O)[C@@]45O[C@@]3(C)COC(=O)c3cccnc3[C@@H](C)[C@H](C)C(=O)O[C@@H]([C@H](OC(C)=O)[C@H](OC(C)=O)[C@@]4(COC1=O)[C@@H]2OC(C)=O)C5(C)O. The van der Waals surface area contributed by atoms with Gasteiger partial charge in [-0.3, -0.25) is 48.1 Å². The van der Waals surface area contributed by atoms with Crippen LogP contribution in [0.1, 0.15) is 104 Å². The van der Waals surface area contributed by atoms with Gasteiger partial charge in [0.05, 0.1) is 42.5 Å². The number of carbonyl (C=O) groups excluding carboxylic acids is 10. The highest BCUT2D eigenvalue weighted by Crippen LogP contribution is 2.70. The second kappa shape index (κ2) is 18.6. The van der Waals surface area contributed by atoms with Crippen LogP contribution < -0.4 is 0 Å². The Kier molecular flexibility index (Phi) is 14.0. The van der Waals surface area contributed by atoms with Gasteiger partial charge in [0.25, 0.3) is 0 Å². The Morgan fingerprint density at radius 3 is 2.00 bits per heavy atom. The Morgan fingerprint density at radius 1 is 0.776 bits per heavy atom. The standard InChI is InChI=1S/C45H55NO21/c1-19-13-14-28(51)27(16-29(52)58-10)41(56)60-18-44-36(63-24(6)49)32(65-38(19)53)30-34(62-23(5)48)45(44)43(9,57)35(33(61-22(4)47)37(44)64-25(7)50)66-39(54)21(3)20(2)31-26(12-11-15-46-31)40(55)59-17-42(30,8)67-45/h11-12,15,19-21,27,30,32-37,57H,13-14,16-18H2,1-10H3/t19-,20-,21-,27+,30+,32+,33-,34+,35-,36+,37-,42-,43?,44+,45-/m0/s1. The molecule has 0 radical (unpaired) electrons. The van der Waals surface area contributed by atoms with Gasteiger partial charge in [-0.2, -0.15) is 0 Å². The molecule has 22 heteroatoms. The maximum absolute atomic E-state index is 14.6. The van der Waals surface area contributed by atoms with E-state index in [-0.39, 0.29) is 17.7 Å². The fourth-order valence-corrected chi connectivity index (χ4v) is 10.6. The van der Waals surface area contributed by atoms with E-state index >= 15 is 0 Å². The van der Waals surface area contributed by atoms with Crippen LogP contribution in [-0.4, -0.2) is 143 Å². The Hall–Kier alpha value is -6.03. The van der Waals surface area contributed by atoms with Crippen molar-refractivity contribution in [1.82, 2.24) is 4.98 Å². The zero-order valence-electron chi connectivity index (χ0n) is 38.7. The minimum absolute atomic E-state index is 0.0891. The lowest BCUT2D eigenvalue weighted by molar-refractivity contribution is -0.387. The highest BCUT2D eigenvalue weighted by atomic mass is 16.7. The molecule has 3 aliphatic heterocycles. The molecule has 1 unspecified atom stereocenters. The summed E-state index contributed by atoms with van der Waals surface area (Å²) in [6.07, 6.45) is -13.2. The molecule has 1 N–H and O–H groups in total. The number of aromatic nitrogens is 1. The van der Waals surface area contributed by atoms with Crippen molar-refractivity contribution in [3.05, 3.63) is 29.6 Å². The molecule has 0 amide bonds. The molecule has 67 heavy (non-hydrogen) atoms. The highest BCUT2D eigenvalue weighted by molar-refractivity contribution is 6.01. The second-order valence-corrected chi connectivity index (χ2v) is 18.2. The van der Waals surface area contributed by atoms with Gasteiger partial charge in [-0.1, -0.05) is 20.8 Å². The summed E-state index contributed by atoms with van der Waals surface area (Å²) < 4.78 is 60.5. The van der Waals surface area contributed by atoms with Gasteiger partial charge in [-0.25, -0.2) is 4.79 Å². The molecule has 6 rings (SSSR count). The lowest BCUT2D eigenvalue weighted by Crippen LogP contribution is -2.89. The number of fused-ring (bicyclic) bond motifs is 7. The first-order valence-electron chi connectivity index (χ1n) is 21.7. The number of pyridine rings is 1. The lowest BCUT2D eigenvalue weighted by Gasteiger charge is -2.67. The van der Waals surface area contributed by atoms with Crippen LogP contribution in [-0.2, 0) is 90.5 Å². The molecule has 5 aliphatic rings. The number of nitrogens with zero attached hydrogens (tertiary/aromatic N) is 1.